The third-order valence-electron chi connectivity index (χ3n) is 18.9. The van der Waals surface area contributed by atoms with Gasteiger partial charge in [-0.2, -0.15) is 0 Å². The minimum absolute atomic E-state index is 0.0132. The Morgan fingerprint density at radius 3 is 1.57 bits per heavy atom. The molecule has 0 spiro atoms. The van der Waals surface area contributed by atoms with Crippen molar-refractivity contribution in [3.8, 4) is 11.1 Å². The summed E-state index contributed by atoms with van der Waals surface area (Å²) in [5, 5.41) is 0. The van der Waals surface area contributed by atoms with E-state index in [0.29, 0.717) is 0 Å². The van der Waals surface area contributed by atoms with Gasteiger partial charge in [-0.3, -0.25) is 0 Å². The number of nitrogens with zero attached hydrogens (tertiary/aromatic N) is 3. The second-order valence-electron chi connectivity index (χ2n) is 27.3. The maximum absolute atomic E-state index is 2.76. The third-order valence-corrected chi connectivity index (χ3v) is 18.9. The normalized spacial score (nSPS) is 18.3. The Kier molecular flexibility index (Phi) is 10.1. The van der Waals surface area contributed by atoms with Crippen molar-refractivity contribution in [3.63, 3.8) is 0 Å². The Morgan fingerprint density at radius 1 is 0.427 bits per heavy atom. The molecule has 0 bridgehead atoms. The number of benzene rings is 8. The van der Waals surface area contributed by atoms with Crippen molar-refractivity contribution < 1.29 is 0 Å². The first-order chi connectivity index (χ1) is 35.5. The molecule has 5 aliphatic rings. The number of hydrogen-bond donors (Lipinski definition) is 0. The monoisotopic (exact) mass is 980 g/mol. The van der Waals surface area contributed by atoms with E-state index in [0.717, 1.165) is 23.5 Å². The van der Waals surface area contributed by atoms with Crippen LogP contribution in [0.5, 0.6) is 0 Å². The molecule has 2 heterocycles. The SMILES string of the molecule is Cc1cc2c(cc1N1c3cc4c(cc3B3c5ccc(N(c6ccccc6)c6ccccc6)cc5N(c5cccc6c5-c5ccccc5C6(C)C)c5cc(C(C)(C)C)cc1c53)C(C)(C)CC4(C)C)C(C)(C)CCC2(C)C. The number of rotatable bonds is 5. The molecule has 0 unspecified atom stereocenters. The highest BCUT2D eigenvalue weighted by molar-refractivity contribution is 7.00. The molecule has 0 fully saturated rings. The van der Waals surface area contributed by atoms with E-state index in [1.54, 1.807) is 0 Å². The second kappa shape index (κ2) is 15.9. The van der Waals surface area contributed by atoms with Crippen LogP contribution in [0.4, 0.5) is 51.2 Å². The molecule has 3 aliphatic carbocycles. The van der Waals surface area contributed by atoms with E-state index in [9.17, 15) is 0 Å². The molecule has 0 aromatic heterocycles. The Balaban J connectivity index is 1.18. The lowest BCUT2D eigenvalue weighted by molar-refractivity contribution is 0.332. The first kappa shape index (κ1) is 47.9. The van der Waals surface area contributed by atoms with Gasteiger partial charge in [-0.05, 0) is 186 Å². The predicted octanol–water partition coefficient (Wildman–Crippen LogP) is 17.5. The van der Waals surface area contributed by atoms with Crippen LogP contribution in [0, 0.1) is 6.92 Å². The molecule has 13 rings (SSSR count). The van der Waals surface area contributed by atoms with Gasteiger partial charge in [0.2, 0.25) is 0 Å². The van der Waals surface area contributed by atoms with E-state index >= 15 is 0 Å². The largest absolute Gasteiger partial charge is 0.311 e. The molecule has 0 atom stereocenters. The van der Waals surface area contributed by atoms with Crippen LogP contribution in [0.3, 0.4) is 0 Å². The van der Waals surface area contributed by atoms with Gasteiger partial charge in [0.15, 0.2) is 0 Å². The lowest BCUT2D eigenvalue weighted by Crippen LogP contribution is -2.61. The average Bonchev–Trinajstić information content (AvgIpc) is 3.72. The smallest absolute Gasteiger partial charge is 0.252 e. The quantitative estimate of drug-likeness (QED) is 0.159. The van der Waals surface area contributed by atoms with Crippen molar-refractivity contribution in [2.75, 3.05) is 14.7 Å². The van der Waals surface area contributed by atoms with Crippen LogP contribution in [0.1, 0.15) is 154 Å². The summed E-state index contributed by atoms with van der Waals surface area (Å²) in [6.07, 6.45) is 3.46. The number of anilines is 9. The van der Waals surface area contributed by atoms with Crippen LogP contribution in [0.25, 0.3) is 11.1 Å². The summed E-state index contributed by atoms with van der Waals surface area (Å²) in [7, 11) is 0. The lowest BCUT2D eigenvalue weighted by Gasteiger charge is -2.47. The van der Waals surface area contributed by atoms with Gasteiger partial charge in [-0.15, -0.1) is 0 Å². The standard InChI is InChI=1S/C71H74BN3/c1-44-36-52-54(68(7,8)35-34-67(52,5)6)41-59(44)75-61-42-55-53(69(9,10)43-70(55,11)12)40-57(61)72-56-33-32-48(73(46-24-17-15-18-25-46)47-26-19-16-20-27-47)39-60(56)74(62-37-45(66(2,3)4)38-63(75)65(62)72)58-31-23-30-51-64(58)49-28-21-22-29-50(49)71(51,13)14/h15-33,36-42H,34-35,43H2,1-14H3. The molecule has 0 amide bonds. The molecule has 2 aliphatic heterocycles. The van der Waals surface area contributed by atoms with Gasteiger partial charge < -0.3 is 14.7 Å². The summed E-state index contributed by atoms with van der Waals surface area (Å²) in [5.41, 5.74) is 29.0. The molecular formula is C71H74BN3. The fourth-order valence-electron chi connectivity index (χ4n) is 15.0. The molecule has 0 saturated carbocycles. The fraction of sp³-hybridized carbons (Fsp3) is 0.324. The summed E-state index contributed by atoms with van der Waals surface area (Å²) in [4.78, 5) is 7.91. The molecule has 75 heavy (non-hydrogen) atoms. The molecule has 8 aromatic rings. The molecule has 0 radical (unpaired) electrons. The van der Waals surface area contributed by atoms with E-state index in [1.165, 1.54) is 119 Å². The Labute approximate surface area is 448 Å². The first-order valence-electron chi connectivity index (χ1n) is 27.9. The Hall–Kier alpha value is -6.78. The molecule has 4 heteroatoms. The Morgan fingerprint density at radius 2 is 0.947 bits per heavy atom. The average molecular weight is 980 g/mol. The van der Waals surface area contributed by atoms with Gasteiger partial charge in [0, 0.05) is 56.5 Å². The highest BCUT2D eigenvalue weighted by atomic mass is 15.2. The minimum Gasteiger partial charge on any atom is -0.311 e. The zero-order valence-electron chi connectivity index (χ0n) is 47.1. The van der Waals surface area contributed by atoms with Crippen LogP contribution in [0.2, 0.25) is 0 Å². The molecule has 0 N–H and O–H groups in total. The second-order valence-corrected chi connectivity index (χ2v) is 27.3. The summed E-state index contributed by atoms with van der Waals surface area (Å²) in [5.74, 6) is 0. The number of fused-ring (bicyclic) bond motifs is 9. The Bertz CT molecular complexity index is 3640. The summed E-state index contributed by atoms with van der Waals surface area (Å²) >= 11 is 0. The highest BCUT2D eigenvalue weighted by Gasteiger charge is 2.50. The van der Waals surface area contributed by atoms with Gasteiger partial charge in [0.05, 0.1) is 5.69 Å². The van der Waals surface area contributed by atoms with E-state index in [4.69, 9.17) is 0 Å². The van der Waals surface area contributed by atoms with Crippen LogP contribution in [0.15, 0.2) is 158 Å². The maximum atomic E-state index is 2.76. The van der Waals surface area contributed by atoms with Gasteiger partial charge in [-0.1, -0.05) is 181 Å². The fourth-order valence-corrected chi connectivity index (χ4v) is 15.0. The zero-order chi connectivity index (χ0) is 52.5. The van der Waals surface area contributed by atoms with Crippen molar-refractivity contribution in [1.29, 1.82) is 0 Å². The van der Waals surface area contributed by atoms with Crippen molar-refractivity contribution in [1.82, 2.24) is 0 Å². The van der Waals surface area contributed by atoms with E-state index < -0.39 is 0 Å². The van der Waals surface area contributed by atoms with Crippen molar-refractivity contribution in [2.24, 2.45) is 0 Å². The van der Waals surface area contributed by atoms with Gasteiger partial charge >= 0.3 is 0 Å². The number of aryl methyl sites for hydroxylation is 1. The molecule has 8 aromatic carbocycles. The topological polar surface area (TPSA) is 9.72 Å². The van der Waals surface area contributed by atoms with Gasteiger partial charge in [0.25, 0.3) is 6.71 Å². The maximum Gasteiger partial charge on any atom is 0.252 e. The van der Waals surface area contributed by atoms with E-state index in [2.05, 4.69) is 269 Å². The number of para-hydroxylation sites is 2. The van der Waals surface area contributed by atoms with Crippen LogP contribution < -0.4 is 31.1 Å². The minimum atomic E-state index is -0.169. The highest BCUT2D eigenvalue weighted by Crippen LogP contribution is 2.58. The summed E-state index contributed by atoms with van der Waals surface area (Å²) < 4.78 is 0. The van der Waals surface area contributed by atoms with Crippen molar-refractivity contribution in [2.45, 2.75) is 149 Å². The van der Waals surface area contributed by atoms with Crippen LogP contribution in [-0.2, 0) is 32.5 Å². The van der Waals surface area contributed by atoms with Crippen LogP contribution in [-0.4, -0.2) is 6.71 Å². The predicted molar refractivity (Wildman–Crippen MR) is 322 cm³/mol. The molecule has 376 valence electrons. The van der Waals surface area contributed by atoms with Crippen molar-refractivity contribution in [3.05, 3.63) is 202 Å². The van der Waals surface area contributed by atoms with E-state index in [1.807, 2.05) is 0 Å². The molecule has 0 saturated heterocycles. The molecule has 3 nitrogen and oxygen atoms in total. The van der Waals surface area contributed by atoms with Gasteiger partial charge in [0.1, 0.15) is 0 Å². The van der Waals surface area contributed by atoms with Crippen LogP contribution >= 0.6 is 0 Å². The lowest BCUT2D eigenvalue weighted by atomic mass is 9.33. The molecular weight excluding hydrogens is 906 g/mol. The summed E-state index contributed by atoms with van der Waals surface area (Å²) in [6, 6.07) is 61.4. The van der Waals surface area contributed by atoms with E-state index in [-0.39, 0.29) is 39.2 Å². The number of hydrogen-bond acceptors (Lipinski definition) is 3. The first-order valence-corrected chi connectivity index (χ1v) is 27.9. The van der Waals surface area contributed by atoms with Crippen molar-refractivity contribution >= 4 is 74.3 Å². The third kappa shape index (κ3) is 6.99. The zero-order valence-corrected chi connectivity index (χ0v) is 47.1. The summed E-state index contributed by atoms with van der Waals surface area (Å²) in [6.45, 7) is 34.2. The van der Waals surface area contributed by atoms with Gasteiger partial charge in [-0.25, -0.2) is 0 Å².